The van der Waals surface area contributed by atoms with Gasteiger partial charge in [0.05, 0.1) is 13.2 Å². The number of anilines is 2. The maximum atomic E-state index is 13.1. The van der Waals surface area contributed by atoms with E-state index in [0.29, 0.717) is 31.5 Å². The number of rotatable bonds is 5. The first-order valence-electron chi connectivity index (χ1n) is 9.27. The summed E-state index contributed by atoms with van der Waals surface area (Å²) in [6.07, 6.45) is 0.979. The summed E-state index contributed by atoms with van der Waals surface area (Å²) in [4.78, 5) is 16.6. The van der Waals surface area contributed by atoms with Gasteiger partial charge in [0.1, 0.15) is 5.82 Å². The predicted molar refractivity (Wildman–Crippen MR) is 98.6 cm³/mol. The molecular weight excluding hydrogens is 351 g/mol. The second-order valence-corrected chi connectivity index (χ2v) is 6.94. The summed E-state index contributed by atoms with van der Waals surface area (Å²) in [7, 11) is 0. The van der Waals surface area contributed by atoms with Crippen molar-refractivity contribution in [2.75, 3.05) is 55.7 Å². The summed E-state index contributed by atoms with van der Waals surface area (Å²) in [5.41, 5.74) is 1.01. The molecule has 2 aromatic rings. The number of ether oxygens (including phenoxy) is 1. The Morgan fingerprint density at radius 1 is 1.19 bits per heavy atom. The molecule has 0 spiro atoms. The Labute approximate surface area is 157 Å². The molecule has 0 bridgehead atoms. The van der Waals surface area contributed by atoms with Gasteiger partial charge in [0.2, 0.25) is 5.76 Å². The van der Waals surface area contributed by atoms with Crippen molar-refractivity contribution in [3.8, 4) is 0 Å². The highest BCUT2D eigenvalue weighted by atomic mass is 19.1. The molecule has 2 saturated heterocycles. The average Bonchev–Trinajstić information content (AvgIpc) is 3.37. The topological polar surface area (TPSA) is 70.8 Å². The van der Waals surface area contributed by atoms with Gasteiger partial charge in [-0.15, -0.1) is 0 Å². The molecule has 7 nitrogen and oxygen atoms in total. The molecular formula is C19H23FN4O3. The Morgan fingerprint density at radius 3 is 2.74 bits per heavy atom. The van der Waals surface area contributed by atoms with E-state index in [9.17, 15) is 9.18 Å². The number of carbonyl (C=O) groups is 1. The lowest BCUT2D eigenvalue weighted by Crippen LogP contribution is -2.36. The minimum absolute atomic E-state index is 0.227. The van der Waals surface area contributed by atoms with Gasteiger partial charge >= 0.3 is 0 Å². The van der Waals surface area contributed by atoms with Crippen molar-refractivity contribution >= 4 is 17.4 Å². The number of carbonyl (C=O) groups excluding carboxylic acids is 1. The molecule has 1 unspecified atom stereocenters. The van der Waals surface area contributed by atoms with Crippen LogP contribution < -0.4 is 15.1 Å². The highest BCUT2D eigenvalue weighted by Gasteiger charge is 2.24. The second-order valence-electron chi connectivity index (χ2n) is 6.94. The Bertz CT molecular complexity index is 774. The zero-order valence-corrected chi connectivity index (χ0v) is 15.1. The maximum absolute atomic E-state index is 13.1. The normalized spacial score (nSPS) is 20.1. The second kappa shape index (κ2) is 7.96. The van der Waals surface area contributed by atoms with E-state index < -0.39 is 0 Å². The van der Waals surface area contributed by atoms with E-state index in [4.69, 9.17) is 9.26 Å². The third-order valence-corrected chi connectivity index (χ3v) is 5.09. The average molecular weight is 374 g/mol. The lowest BCUT2D eigenvalue weighted by molar-refractivity contribution is 0.0911. The summed E-state index contributed by atoms with van der Waals surface area (Å²) in [5, 5.41) is 6.93. The molecule has 2 aliphatic heterocycles. The molecule has 1 aromatic carbocycles. The van der Waals surface area contributed by atoms with Gasteiger partial charge in [-0.25, -0.2) is 4.39 Å². The number of nitrogens with one attached hydrogen (secondary N) is 1. The van der Waals surface area contributed by atoms with Crippen LogP contribution in [0.4, 0.5) is 15.9 Å². The fourth-order valence-corrected chi connectivity index (χ4v) is 3.52. The molecule has 1 amide bonds. The van der Waals surface area contributed by atoms with Crippen LogP contribution in [0.3, 0.4) is 0 Å². The molecule has 4 rings (SSSR count). The van der Waals surface area contributed by atoms with Crippen molar-refractivity contribution < 1.29 is 18.4 Å². The number of aromatic nitrogens is 1. The van der Waals surface area contributed by atoms with E-state index in [1.807, 2.05) is 4.90 Å². The van der Waals surface area contributed by atoms with Crippen LogP contribution in [-0.2, 0) is 4.74 Å². The first-order valence-corrected chi connectivity index (χ1v) is 9.27. The Balaban J connectivity index is 1.27. The molecule has 1 aromatic heterocycles. The Hall–Kier alpha value is -2.61. The van der Waals surface area contributed by atoms with Crippen molar-refractivity contribution in [2.45, 2.75) is 6.42 Å². The number of morpholine rings is 1. The van der Waals surface area contributed by atoms with Crippen LogP contribution in [0.2, 0.25) is 0 Å². The number of nitrogens with zero attached hydrogens (tertiary/aromatic N) is 3. The van der Waals surface area contributed by atoms with Gasteiger partial charge in [0.25, 0.3) is 5.91 Å². The van der Waals surface area contributed by atoms with Crippen LogP contribution in [0.25, 0.3) is 0 Å². The van der Waals surface area contributed by atoms with Crippen molar-refractivity contribution in [3.05, 3.63) is 41.9 Å². The molecule has 0 saturated carbocycles. The molecule has 2 aliphatic rings. The largest absolute Gasteiger partial charge is 0.378 e. The Kier molecular flexibility index (Phi) is 5.24. The first kappa shape index (κ1) is 17.8. The predicted octanol–water partition coefficient (Wildman–Crippen LogP) is 1.91. The molecule has 27 heavy (non-hydrogen) atoms. The van der Waals surface area contributed by atoms with Gasteiger partial charge in [-0.1, -0.05) is 5.16 Å². The lowest BCUT2D eigenvalue weighted by atomic mass is 10.1. The number of hydrogen-bond donors (Lipinski definition) is 1. The lowest BCUT2D eigenvalue weighted by Gasteiger charge is -2.25. The fraction of sp³-hybridized carbons (Fsp3) is 0.474. The zero-order chi connectivity index (χ0) is 18.6. The van der Waals surface area contributed by atoms with Crippen LogP contribution >= 0.6 is 0 Å². The number of hydrogen-bond acceptors (Lipinski definition) is 6. The Morgan fingerprint density at radius 2 is 1.96 bits per heavy atom. The molecule has 0 aliphatic carbocycles. The monoisotopic (exact) mass is 374 g/mol. The van der Waals surface area contributed by atoms with Crippen molar-refractivity contribution in [2.24, 2.45) is 5.92 Å². The van der Waals surface area contributed by atoms with Crippen LogP contribution in [0.5, 0.6) is 0 Å². The maximum Gasteiger partial charge on any atom is 0.289 e. The van der Waals surface area contributed by atoms with Gasteiger partial charge in [-0.05, 0) is 36.6 Å². The van der Waals surface area contributed by atoms with Gasteiger partial charge in [-0.2, -0.15) is 0 Å². The summed E-state index contributed by atoms with van der Waals surface area (Å²) in [5.74, 6) is 0.768. The van der Waals surface area contributed by atoms with Gasteiger partial charge < -0.3 is 24.4 Å². The van der Waals surface area contributed by atoms with E-state index in [0.717, 1.165) is 38.3 Å². The molecule has 1 N–H and O–H groups in total. The van der Waals surface area contributed by atoms with Crippen LogP contribution in [0.15, 0.2) is 34.9 Å². The van der Waals surface area contributed by atoms with E-state index in [1.165, 1.54) is 12.1 Å². The van der Waals surface area contributed by atoms with Crippen molar-refractivity contribution in [1.29, 1.82) is 0 Å². The van der Waals surface area contributed by atoms with E-state index in [2.05, 4.69) is 15.4 Å². The third-order valence-electron chi connectivity index (χ3n) is 5.09. The molecule has 3 heterocycles. The minimum atomic E-state index is -0.248. The van der Waals surface area contributed by atoms with Crippen LogP contribution in [0, 0.1) is 11.7 Å². The summed E-state index contributed by atoms with van der Waals surface area (Å²) in [6, 6.07) is 8.21. The standard InChI is InChI=1S/C19H23FN4O3/c20-15-1-3-16(4-2-15)24-6-5-14(13-24)12-21-19(25)17-11-18(22-27-17)23-7-9-26-10-8-23/h1-4,11,14H,5-10,12-13H2,(H,21,25). The quantitative estimate of drug-likeness (QED) is 0.862. The molecule has 0 radical (unpaired) electrons. The third kappa shape index (κ3) is 4.21. The summed E-state index contributed by atoms with van der Waals surface area (Å²) < 4.78 is 23.6. The number of benzene rings is 1. The molecule has 8 heteroatoms. The highest BCUT2D eigenvalue weighted by molar-refractivity contribution is 5.92. The van der Waals surface area contributed by atoms with E-state index in [1.54, 1.807) is 18.2 Å². The SMILES string of the molecule is O=C(NCC1CCN(c2ccc(F)cc2)C1)c1cc(N2CCOCC2)no1. The number of amides is 1. The molecule has 2 fully saturated rings. The highest BCUT2D eigenvalue weighted by Crippen LogP contribution is 2.24. The van der Waals surface area contributed by atoms with Gasteiger partial charge in [0.15, 0.2) is 5.82 Å². The molecule has 144 valence electrons. The summed E-state index contributed by atoms with van der Waals surface area (Å²) >= 11 is 0. The number of halogens is 1. The van der Waals surface area contributed by atoms with E-state index >= 15 is 0 Å². The van der Waals surface area contributed by atoms with Gasteiger partial charge in [-0.3, -0.25) is 4.79 Å². The van der Waals surface area contributed by atoms with Gasteiger partial charge in [0, 0.05) is 44.5 Å². The summed E-state index contributed by atoms with van der Waals surface area (Å²) in [6.45, 7) is 5.10. The van der Waals surface area contributed by atoms with Crippen molar-refractivity contribution in [1.82, 2.24) is 10.5 Å². The fourth-order valence-electron chi connectivity index (χ4n) is 3.52. The zero-order valence-electron chi connectivity index (χ0n) is 15.1. The smallest absolute Gasteiger partial charge is 0.289 e. The molecule has 1 atom stereocenters. The minimum Gasteiger partial charge on any atom is -0.378 e. The first-order chi connectivity index (χ1) is 13.2. The van der Waals surface area contributed by atoms with Crippen LogP contribution in [-0.4, -0.2) is 57.0 Å². The van der Waals surface area contributed by atoms with Crippen molar-refractivity contribution in [3.63, 3.8) is 0 Å². The van der Waals surface area contributed by atoms with E-state index in [-0.39, 0.29) is 17.5 Å². The van der Waals surface area contributed by atoms with Crippen LogP contribution in [0.1, 0.15) is 17.0 Å².